The van der Waals surface area contributed by atoms with Crippen molar-refractivity contribution in [3.63, 3.8) is 0 Å². The Bertz CT molecular complexity index is 506. The van der Waals surface area contributed by atoms with E-state index >= 15 is 0 Å². The maximum absolute atomic E-state index is 12.3. The van der Waals surface area contributed by atoms with E-state index in [1.807, 2.05) is 16.7 Å². The van der Waals surface area contributed by atoms with Crippen molar-refractivity contribution in [3.05, 3.63) is 0 Å². The van der Waals surface area contributed by atoms with E-state index in [1.54, 1.807) is 0 Å². The molecule has 0 bridgehead atoms. The Hall–Kier alpha value is -1.63. The predicted octanol–water partition coefficient (Wildman–Crippen LogP) is 1.09. The van der Waals surface area contributed by atoms with Gasteiger partial charge in [-0.3, -0.25) is 19.8 Å². The second-order valence-corrected chi connectivity index (χ2v) is 7.61. The third-order valence-corrected chi connectivity index (χ3v) is 5.66. The van der Waals surface area contributed by atoms with Gasteiger partial charge in [-0.2, -0.15) is 0 Å². The third kappa shape index (κ3) is 4.93. The number of carbonyl (C=O) groups is 3. The number of nitrogens with one attached hydrogen (secondary N) is 2. The molecule has 140 valence electrons. The first-order valence-electron chi connectivity index (χ1n) is 9.69. The Morgan fingerprint density at radius 1 is 0.920 bits per heavy atom. The average molecular weight is 350 g/mol. The summed E-state index contributed by atoms with van der Waals surface area (Å²) >= 11 is 0. The second-order valence-electron chi connectivity index (χ2n) is 7.61. The molecule has 0 spiro atoms. The zero-order valence-electron chi connectivity index (χ0n) is 15.1. The molecule has 4 amide bonds. The lowest BCUT2D eigenvalue weighted by Crippen LogP contribution is -2.57. The molecule has 2 saturated carbocycles. The molecular weight excluding hydrogens is 320 g/mol. The highest BCUT2D eigenvalue weighted by atomic mass is 16.2. The Morgan fingerprint density at radius 2 is 1.56 bits per heavy atom. The molecule has 1 atom stereocenters. The van der Waals surface area contributed by atoms with Crippen molar-refractivity contribution in [2.45, 2.75) is 64.0 Å². The summed E-state index contributed by atoms with van der Waals surface area (Å²) in [6.45, 7) is 4.51. The van der Waals surface area contributed by atoms with Crippen LogP contribution in [0.15, 0.2) is 0 Å². The molecule has 2 N–H and O–H groups in total. The third-order valence-electron chi connectivity index (χ3n) is 5.66. The summed E-state index contributed by atoms with van der Waals surface area (Å²) in [6, 6.07) is -0.560. The first-order chi connectivity index (χ1) is 12.0. The first-order valence-corrected chi connectivity index (χ1v) is 9.69. The minimum atomic E-state index is -0.383. The van der Waals surface area contributed by atoms with Crippen molar-refractivity contribution in [1.82, 2.24) is 20.4 Å². The maximum atomic E-state index is 12.3. The number of urea groups is 1. The zero-order valence-corrected chi connectivity index (χ0v) is 15.1. The second kappa shape index (κ2) is 8.17. The molecule has 3 aliphatic rings. The Morgan fingerprint density at radius 3 is 2.16 bits per heavy atom. The molecule has 1 unspecified atom stereocenters. The summed E-state index contributed by atoms with van der Waals surface area (Å²) in [6.07, 6.45) is 7.54. The van der Waals surface area contributed by atoms with Gasteiger partial charge in [0.25, 0.3) is 0 Å². The van der Waals surface area contributed by atoms with Gasteiger partial charge in [-0.05, 0) is 32.6 Å². The summed E-state index contributed by atoms with van der Waals surface area (Å²) in [5.74, 6) is 0.245. The van der Waals surface area contributed by atoms with Crippen LogP contribution in [-0.2, 0) is 9.59 Å². The highest BCUT2D eigenvalue weighted by Gasteiger charge is 2.35. The molecule has 0 aromatic carbocycles. The van der Waals surface area contributed by atoms with Gasteiger partial charge in [0.2, 0.25) is 11.8 Å². The van der Waals surface area contributed by atoms with Gasteiger partial charge in [-0.25, -0.2) is 4.79 Å². The van der Waals surface area contributed by atoms with Gasteiger partial charge >= 0.3 is 6.03 Å². The number of nitrogens with zero attached hydrogens (tertiary/aromatic N) is 2. The SMILES string of the molecule is CC(C(=O)NC(=O)NC1CCCCC1)N1CCN(C(=O)C2CC2)CC1. The molecule has 7 nitrogen and oxygen atoms in total. The number of rotatable bonds is 4. The van der Waals surface area contributed by atoms with E-state index in [9.17, 15) is 14.4 Å². The predicted molar refractivity (Wildman–Crippen MR) is 93.9 cm³/mol. The Balaban J connectivity index is 1.39. The van der Waals surface area contributed by atoms with Crippen LogP contribution < -0.4 is 10.6 Å². The number of carbonyl (C=O) groups excluding carboxylic acids is 3. The van der Waals surface area contributed by atoms with E-state index in [4.69, 9.17) is 0 Å². The fourth-order valence-electron chi connectivity index (χ4n) is 3.77. The van der Waals surface area contributed by atoms with Crippen LogP contribution in [0.1, 0.15) is 51.9 Å². The van der Waals surface area contributed by atoms with Gasteiger partial charge < -0.3 is 10.2 Å². The molecule has 2 aliphatic carbocycles. The zero-order chi connectivity index (χ0) is 17.8. The Labute approximate surface area is 149 Å². The van der Waals surface area contributed by atoms with Crippen LogP contribution in [-0.4, -0.2) is 65.9 Å². The molecular formula is C18H30N4O3. The monoisotopic (exact) mass is 350 g/mol. The van der Waals surface area contributed by atoms with Crippen LogP contribution in [0.4, 0.5) is 4.79 Å². The molecule has 3 rings (SSSR count). The molecule has 0 aromatic heterocycles. The average Bonchev–Trinajstić information content (AvgIpc) is 3.46. The van der Waals surface area contributed by atoms with Crippen LogP contribution in [0, 0.1) is 5.92 Å². The lowest BCUT2D eigenvalue weighted by molar-refractivity contribution is -0.135. The normalized spacial score (nSPS) is 23.8. The highest BCUT2D eigenvalue weighted by Crippen LogP contribution is 2.31. The summed E-state index contributed by atoms with van der Waals surface area (Å²) < 4.78 is 0. The van der Waals surface area contributed by atoms with Crippen molar-refractivity contribution < 1.29 is 14.4 Å². The number of piperazine rings is 1. The molecule has 1 heterocycles. The molecule has 25 heavy (non-hydrogen) atoms. The van der Waals surface area contributed by atoms with E-state index in [1.165, 1.54) is 6.42 Å². The molecule has 0 radical (unpaired) electrons. The quantitative estimate of drug-likeness (QED) is 0.795. The van der Waals surface area contributed by atoms with Crippen molar-refractivity contribution in [1.29, 1.82) is 0 Å². The summed E-state index contributed by atoms with van der Waals surface area (Å²) in [5.41, 5.74) is 0. The van der Waals surface area contributed by atoms with Gasteiger partial charge in [0.1, 0.15) is 0 Å². The fraction of sp³-hybridized carbons (Fsp3) is 0.833. The van der Waals surface area contributed by atoms with Gasteiger partial charge in [0.05, 0.1) is 6.04 Å². The van der Waals surface area contributed by atoms with E-state index in [0.717, 1.165) is 38.5 Å². The largest absolute Gasteiger partial charge is 0.340 e. The lowest BCUT2D eigenvalue weighted by atomic mass is 9.96. The summed E-state index contributed by atoms with van der Waals surface area (Å²) in [4.78, 5) is 40.4. The van der Waals surface area contributed by atoms with Crippen LogP contribution >= 0.6 is 0 Å². The van der Waals surface area contributed by atoms with Crippen LogP contribution in [0.3, 0.4) is 0 Å². The van der Waals surface area contributed by atoms with Crippen molar-refractivity contribution >= 4 is 17.8 Å². The van der Waals surface area contributed by atoms with Crippen LogP contribution in [0.5, 0.6) is 0 Å². The number of hydrogen-bond acceptors (Lipinski definition) is 4. The lowest BCUT2D eigenvalue weighted by Gasteiger charge is -2.37. The van der Waals surface area contributed by atoms with E-state index in [0.29, 0.717) is 26.2 Å². The van der Waals surface area contributed by atoms with E-state index in [-0.39, 0.29) is 35.8 Å². The van der Waals surface area contributed by atoms with Crippen molar-refractivity contribution in [3.8, 4) is 0 Å². The van der Waals surface area contributed by atoms with E-state index < -0.39 is 0 Å². The standard InChI is InChI=1S/C18H30N4O3/c1-13(16(23)20-18(25)19-15-5-3-2-4-6-15)21-9-11-22(12-10-21)17(24)14-7-8-14/h13-15H,2-12H2,1H3,(H2,19,20,23,25). The highest BCUT2D eigenvalue weighted by molar-refractivity contribution is 5.96. The van der Waals surface area contributed by atoms with Crippen LogP contribution in [0.2, 0.25) is 0 Å². The first kappa shape index (κ1) is 18.2. The van der Waals surface area contributed by atoms with Crippen molar-refractivity contribution in [2.24, 2.45) is 5.92 Å². The molecule has 1 aliphatic heterocycles. The summed E-state index contributed by atoms with van der Waals surface area (Å²) in [7, 11) is 0. The Kier molecular flexibility index (Phi) is 5.93. The van der Waals surface area contributed by atoms with Gasteiger partial charge in [0, 0.05) is 38.1 Å². The number of hydrogen-bond donors (Lipinski definition) is 2. The van der Waals surface area contributed by atoms with Crippen LogP contribution in [0.25, 0.3) is 0 Å². The molecule has 0 aromatic rings. The van der Waals surface area contributed by atoms with Gasteiger partial charge in [-0.1, -0.05) is 19.3 Å². The van der Waals surface area contributed by atoms with Gasteiger partial charge in [0.15, 0.2) is 0 Å². The summed E-state index contributed by atoms with van der Waals surface area (Å²) in [5, 5.41) is 5.38. The molecule has 1 saturated heterocycles. The maximum Gasteiger partial charge on any atom is 0.321 e. The minimum Gasteiger partial charge on any atom is -0.340 e. The topological polar surface area (TPSA) is 81.8 Å². The number of imide groups is 1. The van der Waals surface area contributed by atoms with Gasteiger partial charge in [-0.15, -0.1) is 0 Å². The van der Waals surface area contributed by atoms with E-state index in [2.05, 4.69) is 10.6 Å². The fourth-order valence-corrected chi connectivity index (χ4v) is 3.77. The number of amides is 4. The molecule has 3 fully saturated rings. The molecule has 7 heteroatoms. The minimum absolute atomic E-state index is 0.189. The van der Waals surface area contributed by atoms with Crippen molar-refractivity contribution in [2.75, 3.05) is 26.2 Å². The smallest absolute Gasteiger partial charge is 0.321 e.